The number of carbonyl (C=O) groups is 3. The number of hydrogen-bond acceptors (Lipinski definition) is 3. The number of rotatable bonds is 4. The van der Waals surface area contributed by atoms with E-state index in [4.69, 9.17) is 0 Å². The minimum atomic E-state index is -0.641. The van der Waals surface area contributed by atoms with Crippen LogP contribution in [0.2, 0.25) is 0 Å². The highest BCUT2D eigenvalue weighted by atomic mass is 79.9. The molecule has 32 heavy (non-hydrogen) atoms. The molecule has 2 aromatic carbocycles. The standard InChI is InChI=1S/C23H20BrF2N3O3/c1-12-2-3-13(8-18(12)26)11-29-19-9-15(25)6-7-16(19)21(24)17(10-20(29)30)23(32)28-27-22(31)14-4-5-14/h2-3,6-9,14H,4-5,10-11H2,1H3,(H,27,31)(H,28,32). The van der Waals surface area contributed by atoms with Crippen molar-refractivity contribution in [3.05, 3.63) is 70.3 Å². The molecule has 0 aromatic heterocycles. The highest BCUT2D eigenvalue weighted by molar-refractivity contribution is 9.15. The molecule has 3 amide bonds. The Hall–Kier alpha value is -3.07. The number of anilines is 1. The Balaban J connectivity index is 1.66. The first-order chi connectivity index (χ1) is 15.2. The Bertz CT molecular complexity index is 1160. The summed E-state index contributed by atoms with van der Waals surface area (Å²) in [5.74, 6) is -2.45. The number of carbonyl (C=O) groups excluding carboxylic acids is 3. The smallest absolute Gasteiger partial charge is 0.267 e. The van der Waals surface area contributed by atoms with Gasteiger partial charge >= 0.3 is 0 Å². The second kappa shape index (κ2) is 8.82. The SMILES string of the molecule is Cc1ccc(CN2C(=O)CC(C(=O)NNC(=O)C3CC3)=C(Br)c3ccc(F)cc32)cc1F. The van der Waals surface area contributed by atoms with E-state index in [1.807, 2.05) is 0 Å². The third-order valence-electron chi connectivity index (χ3n) is 5.48. The van der Waals surface area contributed by atoms with Crippen LogP contribution >= 0.6 is 15.9 Å². The number of aryl methyl sites for hydroxylation is 1. The first kappa shape index (κ1) is 22.1. The molecule has 1 aliphatic heterocycles. The van der Waals surface area contributed by atoms with Crippen LogP contribution in [0.15, 0.2) is 42.0 Å². The van der Waals surface area contributed by atoms with Crippen molar-refractivity contribution in [1.29, 1.82) is 0 Å². The largest absolute Gasteiger partial charge is 0.307 e. The maximum Gasteiger partial charge on any atom is 0.267 e. The van der Waals surface area contributed by atoms with Crippen LogP contribution < -0.4 is 15.8 Å². The van der Waals surface area contributed by atoms with E-state index >= 15 is 0 Å². The topological polar surface area (TPSA) is 78.5 Å². The van der Waals surface area contributed by atoms with Gasteiger partial charge in [0.15, 0.2) is 0 Å². The van der Waals surface area contributed by atoms with Crippen molar-refractivity contribution < 1.29 is 23.2 Å². The van der Waals surface area contributed by atoms with Crippen molar-refractivity contribution in [1.82, 2.24) is 10.9 Å². The minimum Gasteiger partial charge on any atom is -0.307 e. The van der Waals surface area contributed by atoms with Gasteiger partial charge in [-0.3, -0.25) is 25.2 Å². The Morgan fingerprint density at radius 2 is 1.88 bits per heavy atom. The maximum absolute atomic E-state index is 14.1. The molecular weight excluding hydrogens is 484 g/mol. The molecule has 0 unspecified atom stereocenters. The number of halogens is 3. The zero-order valence-electron chi connectivity index (χ0n) is 17.2. The summed E-state index contributed by atoms with van der Waals surface area (Å²) in [7, 11) is 0. The van der Waals surface area contributed by atoms with Gasteiger partial charge in [0.25, 0.3) is 5.91 Å². The lowest BCUT2D eigenvalue weighted by Crippen LogP contribution is -2.43. The lowest BCUT2D eigenvalue weighted by Gasteiger charge is -2.23. The van der Waals surface area contributed by atoms with Gasteiger partial charge in [-0.15, -0.1) is 0 Å². The Morgan fingerprint density at radius 3 is 2.56 bits per heavy atom. The number of nitrogens with zero attached hydrogens (tertiary/aromatic N) is 1. The number of fused-ring (bicyclic) bond motifs is 1. The molecule has 166 valence electrons. The first-order valence-corrected chi connectivity index (χ1v) is 10.9. The number of nitrogens with one attached hydrogen (secondary N) is 2. The second-order valence-corrected chi connectivity index (χ2v) is 8.70. The fraction of sp³-hybridized carbons (Fsp3) is 0.261. The van der Waals surface area contributed by atoms with Crippen LogP contribution in [0.5, 0.6) is 0 Å². The summed E-state index contributed by atoms with van der Waals surface area (Å²) < 4.78 is 28.5. The lowest BCUT2D eigenvalue weighted by atomic mass is 10.1. The molecule has 2 aliphatic rings. The summed E-state index contributed by atoms with van der Waals surface area (Å²) in [6, 6.07) is 8.52. The van der Waals surface area contributed by atoms with Gasteiger partial charge in [-0.05, 0) is 71.1 Å². The van der Waals surface area contributed by atoms with E-state index in [-0.39, 0.29) is 36.1 Å². The van der Waals surface area contributed by atoms with Crippen LogP contribution in [-0.2, 0) is 20.9 Å². The van der Waals surface area contributed by atoms with Crippen LogP contribution in [-0.4, -0.2) is 17.7 Å². The molecule has 0 radical (unpaired) electrons. The van der Waals surface area contributed by atoms with Gasteiger partial charge in [-0.25, -0.2) is 8.78 Å². The normalized spacial score (nSPS) is 15.9. The monoisotopic (exact) mass is 503 g/mol. The van der Waals surface area contributed by atoms with Gasteiger partial charge in [0.05, 0.1) is 18.7 Å². The summed E-state index contributed by atoms with van der Waals surface area (Å²) in [6.07, 6.45) is 1.26. The number of hydrazine groups is 1. The second-order valence-electron chi connectivity index (χ2n) is 7.91. The molecule has 0 atom stereocenters. The first-order valence-electron chi connectivity index (χ1n) is 10.1. The van der Waals surface area contributed by atoms with Crippen molar-refractivity contribution in [2.24, 2.45) is 5.92 Å². The van der Waals surface area contributed by atoms with Crippen molar-refractivity contribution in [2.75, 3.05) is 4.90 Å². The molecule has 0 spiro atoms. The number of amides is 3. The molecule has 1 fully saturated rings. The van der Waals surface area contributed by atoms with E-state index in [0.717, 1.165) is 12.8 Å². The Labute approximate surface area is 191 Å². The lowest BCUT2D eigenvalue weighted by molar-refractivity contribution is -0.128. The zero-order chi connectivity index (χ0) is 23.0. The highest BCUT2D eigenvalue weighted by Crippen LogP contribution is 2.39. The van der Waals surface area contributed by atoms with E-state index in [0.29, 0.717) is 21.2 Å². The van der Waals surface area contributed by atoms with Crippen molar-refractivity contribution >= 4 is 43.8 Å². The van der Waals surface area contributed by atoms with E-state index in [2.05, 4.69) is 26.8 Å². The van der Waals surface area contributed by atoms with Gasteiger partial charge in [-0.1, -0.05) is 12.1 Å². The summed E-state index contributed by atoms with van der Waals surface area (Å²) in [5.41, 5.74) is 6.51. The summed E-state index contributed by atoms with van der Waals surface area (Å²) >= 11 is 3.38. The van der Waals surface area contributed by atoms with Gasteiger partial charge in [0.1, 0.15) is 11.6 Å². The third-order valence-corrected chi connectivity index (χ3v) is 6.39. The molecule has 0 bridgehead atoms. The predicted molar refractivity (Wildman–Crippen MR) is 118 cm³/mol. The number of hydrogen-bond donors (Lipinski definition) is 2. The highest BCUT2D eigenvalue weighted by Gasteiger charge is 2.32. The molecule has 1 aliphatic carbocycles. The quantitative estimate of drug-likeness (QED) is 0.621. The van der Waals surface area contributed by atoms with Gasteiger partial charge < -0.3 is 4.90 Å². The Morgan fingerprint density at radius 1 is 1.12 bits per heavy atom. The Kier molecular flexibility index (Phi) is 6.10. The van der Waals surface area contributed by atoms with Gasteiger partial charge in [-0.2, -0.15) is 0 Å². The van der Waals surface area contributed by atoms with Gasteiger partial charge in [0.2, 0.25) is 11.8 Å². The van der Waals surface area contributed by atoms with Crippen LogP contribution in [0, 0.1) is 24.5 Å². The van der Waals surface area contributed by atoms with Crippen LogP contribution in [0.25, 0.3) is 4.48 Å². The summed E-state index contributed by atoms with van der Waals surface area (Å²) in [5, 5.41) is 0. The van der Waals surface area contributed by atoms with E-state index < -0.39 is 23.4 Å². The number of benzene rings is 2. The van der Waals surface area contributed by atoms with E-state index in [9.17, 15) is 23.2 Å². The fourth-order valence-electron chi connectivity index (χ4n) is 3.45. The van der Waals surface area contributed by atoms with Crippen LogP contribution in [0.1, 0.15) is 36.0 Å². The van der Waals surface area contributed by atoms with Crippen molar-refractivity contribution in [3.63, 3.8) is 0 Å². The predicted octanol–water partition coefficient (Wildman–Crippen LogP) is 3.87. The average molecular weight is 504 g/mol. The maximum atomic E-state index is 14.1. The van der Waals surface area contributed by atoms with E-state index in [1.54, 1.807) is 19.1 Å². The molecule has 1 heterocycles. The molecular formula is C23H20BrF2N3O3. The van der Waals surface area contributed by atoms with E-state index in [1.165, 1.54) is 29.2 Å². The summed E-state index contributed by atoms with van der Waals surface area (Å²) in [4.78, 5) is 39.1. The zero-order valence-corrected chi connectivity index (χ0v) is 18.8. The summed E-state index contributed by atoms with van der Waals surface area (Å²) in [6.45, 7) is 1.63. The van der Waals surface area contributed by atoms with Crippen molar-refractivity contribution in [2.45, 2.75) is 32.7 Å². The van der Waals surface area contributed by atoms with Crippen LogP contribution in [0.3, 0.4) is 0 Å². The molecule has 1 saturated carbocycles. The molecule has 6 nitrogen and oxygen atoms in total. The molecule has 0 saturated heterocycles. The third kappa shape index (κ3) is 4.57. The molecule has 2 aromatic rings. The van der Waals surface area contributed by atoms with Crippen molar-refractivity contribution in [3.8, 4) is 0 Å². The molecule has 2 N–H and O–H groups in total. The van der Waals surface area contributed by atoms with Gasteiger partial charge in [0, 0.05) is 21.5 Å². The fourth-order valence-corrected chi connectivity index (χ4v) is 4.10. The van der Waals surface area contributed by atoms with Crippen LogP contribution in [0.4, 0.5) is 14.5 Å². The molecule has 4 rings (SSSR count). The minimum absolute atomic E-state index is 0.0000810. The molecule has 9 heteroatoms. The average Bonchev–Trinajstić information content (AvgIpc) is 3.61.